The summed E-state index contributed by atoms with van der Waals surface area (Å²) >= 11 is 0. The van der Waals surface area contributed by atoms with Crippen molar-refractivity contribution in [2.75, 3.05) is 14.1 Å². The first kappa shape index (κ1) is 12.2. The maximum atomic E-state index is 3.46. The predicted octanol–water partition coefficient (Wildman–Crippen LogP) is 2.98. The van der Waals surface area contributed by atoms with E-state index in [4.69, 9.17) is 0 Å². The Hall–Kier alpha value is -0.860. The van der Waals surface area contributed by atoms with Crippen LogP contribution in [0.1, 0.15) is 37.8 Å². The van der Waals surface area contributed by atoms with E-state index < -0.39 is 0 Å². The van der Waals surface area contributed by atoms with Crippen LogP contribution < -0.4 is 5.43 Å². The first-order valence-electron chi connectivity index (χ1n) is 5.72. The first-order valence-corrected chi connectivity index (χ1v) is 5.72. The lowest BCUT2D eigenvalue weighted by molar-refractivity contribution is 0.233. The third-order valence-electron chi connectivity index (χ3n) is 2.46. The third-order valence-corrected chi connectivity index (χ3v) is 2.46. The van der Waals surface area contributed by atoms with Crippen LogP contribution in [-0.2, 0) is 0 Å². The molecule has 0 fully saturated rings. The van der Waals surface area contributed by atoms with Crippen molar-refractivity contribution in [1.82, 2.24) is 10.4 Å². The van der Waals surface area contributed by atoms with Gasteiger partial charge in [0, 0.05) is 20.1 Å². The Morgan fingerprint density at radius 1 is 1.20 bits per heavy atom. The van der Waals surface area contributed by atoms with E-state index in [9.17, 15) is 0 Å². The van der Waals surface area contributed by atoms with Crippen molar-refractivity contribution in [3.63, 3.8) is 0 Å². The van der Waals surface area contributed by atoms with Crippen molar-refractivity contribution in [1.29, 1.82) is 0 Å². The lowest BCUT2D eigenvalue weighted by Gasteiger charge is -2.23. The Balaban J connectivity index is 2.63. The highest BCUT2D eigenvalue weighted by Gasteiger charge is 2.10. The van der Waals surface area contributed by atoms with E-state index in [2.05, 4.69) is 42.7 Å². The minimum atomic E-state index is 0.446. The Bertz CT molecular complexity index is 256. The number of hydrogen-bond donors (Lipinski definition) is 1. The van der Waals surface area contributed by atoms with Gasteiger partial charge in [-0.15, -0.1) is 0 Å². The van der Waals surface area contributed by atoms with Gasteiger partial charge in [-0.25, -0.2) is 5.43 Å². The Labute approximate surface area is 93.3 Å². The second-order valence-electron chi connectivity index (χ2n) is 4.13. The average molecular weight is 206 g/mol. The Morgan fingerprint density at radius 2 is 1.87 bits per heavy atom. The first-order chi connectivity index (χ1) is 7.24. The van der Waals surface area contributed by atoms with Crippen LogP contribution in [0.25, 0.3) is 0 Å². The molecule has 1 aromatic carbocycles. The molecule has 0 aliphatic carbocycles. The molecule has 1 N–H and O–H groups in total. The van der Waals surface area contributed by atoms with Gasteiger partial charge in [0.1, 0.15) is 0 Å². The van der Waals surface area contributed by atoms with Gasteiger partial charge in [0.05, 0.1) is 0 Å². The Kier molecular flexibility index (Phi) is 5.37. The predicted molar refractivity (Wildman–Crippen MR) is 65.5 cm³/mol. The standard InChI is InChI=1S/C13H22N2/c1-4-5-11-13(14-15(2)3)12-9-7-6-8-10-12/h6-10,13-14H,4-5,11H2,1-3H3. The van der Waals surface area contributed by atoms with Gasteiger partial charge in [0.25, 0.3) is 0 Å². The fraction of sp³-hybridized carbons (Fsp3) is 0.538. The molecule has 84 valence electrons. The number of hydrazine groups is 1. The van der Waals surface area contributed by atoms with Gasteiger partial charge < -0.3 is 0 Å². The fourth-order valence-corrected chi connectivity index (χ4v) is 1.71. The third kappa shape index (κ3) is 4.45. The van der Waals surface area contributed by atoms with Crippen LogP contribution in [0.2, 0.25) is 0 Å². The summed E-state index contributed by atoms with van der Waals surface area (Å²) in [6, 6.07) is 11.1. The molecule has 1 atom stereocenters. The summed E-state index contributed by atoms with van der Waals surface area (Å²) in [5.74, 6) is 0. The molecule has 15 heavy (non-hydrogen) atoms. The largest absolute Gasteiger partial charge is 0.250 e. The maximum absolute atomic E-state index is 3.46. The second kappa shape index (κ2) is 6.59. The number of rotatable bonds is 6. The van der Waals surface area contributed by atoms with Gasteiger partial charge in [0.2, 0.25) is 0 Å². The van der Waals surface area contributed by atoms with Crippen molar-refractivity contribution in [2.24, 2.45) is 0 Å². The minimum Gasteiger partial charge on any atom is -0.250 e. The highest BCUT2D eigenvalue weighted by Crippen LogP contribution is 2.18. The van der Waals surface area contributed by atoms with Gasteiger partial charge in [-0.1, -0.05) is 50.1 Å². The van der Waals surface area contributed by atoms with Crippen LogP contribution in [0.3, 0.4) is 0 Å². The quantitative estimate of drug-likeness (QED) is 0.720. The van der Waals surface area contributed by atoms with Gasteiger partial charge in [-0.3, -0.25) is 5.01 Å². The van der Waals surface area contributed by atoms with E-state index >= 15 is 0 Å². The molecule has 0 spiro atoms. The molecule has 0 saturated heterocycles. The molecular weight excluding hydrogens is 184 g/mol. The van der Waals surface area contributed by atoms with Crippen molar-refractivity contribution < 1.29 is 0 Å². The molecule has 2 heteroatoms. The molecule has 0 saturated carbocycles. The maximum Gasteiger partial charge on any atom is 0.0464 e. The van der Waals surface area contributed by atoms with Crippen LogP contribution in [-0.4, -0.2) is 19.1 Å². The molecule has 0 aromatic heterocycles. The molecule has 0 aliphatic heterocycles. The summed E-state index contributed by atoms with van der Waals surface area (Å²) in [5, 5.41) is 2.04. The molecule has 0 aliphatic rings. The summed E-state index contributed by atoms with van der Waals surface area (Å²) in [6.45, 7) is 2.23. The molecule has 0 amide bonds. The van der Waals surface area contributed by atoms with Crippen LogP contribution in [0.15, 0.2) is 30.3 Å². The zero-order chi connectivity index (χ0) is 11.1. The molecule has 0 radical (unpaired) electrons. The topological polar surface area (TPSA) is 15.3 Å². The van der Waals surface area contributed by atoms with E-state index in [1.54, 1.807) is 0 Å². The summed E-state index contributed by atoms with van der Waals surface area (Å²) in [5.41, 5.74) is 4.84. The monoisotopic (exact) mass is 206 g/mol. The summed E-state index contributed by atoms with van der Waals surface area (Å²) in [4.78, 5) is 0. The average Bonchev–Trinajstić information content (AvgIpc) is 2.25. The highest BCUT2D eigenvalue weighted by molar-refractivity contribution is 5.18. The molecule has 1 unspecified atom stereocenters. The molecule has 1 aromatic rings. The fourth-order valence-electron chi connectivity index (χ4n) is 1.71. The van der Waals surface area contributed by atoms with E-state index in [0.29, 0.717) is 6.04 Å². The Morgan fingerprint density at radius 3 is 2.40 bits per heavy atom. The van der Waals surface area contributed by atoms with Crippen LogP contribution >= 0.6 is 0 Å². The number of unbranched alkanes of at least 4 members (excludes halogenated alkanes) is 1. The highest BCUT2D eigenvalue weighted by atomic mass is 15.5. The van der Waals surface area contributed by atoms with Crippen molar-refractivity contribution in [3.8, 4) is 0 Å². The molecule has 0 heterocycles. The molecule has 1 rings (SSSR count). The van der Waals surface area contributed by atoms with Crippen molar-refractivity contribution in [3.05, 3.63) is 35.9 Å². The van der Waals surface area contributed by atoms with E-state index in [0.717, 1.165) is 0 Å². The zero-order valence-electron chi connectivity index (χ0n) is 10.0. The molecular formula is C13H22N2. The minimum absolute atomic E-state index is 0.446. The van der Waals surface area contributed by atoms with E-state index in [1.165, 1.54) is 24.8 Å². The normalized spacial score (nSPS) is 13.1. The summed E-state index contributed by atoms with van der Waals surface area (Å²) in [6.07, 6.45) is 3.71. The molecule has 0 bridgehead atoms. The van der Waals surface area contributed by atoms with Crippen LogP contribution in [0.5, 0.6) is 0 Å². The number of nitrogens with one attached hydrogen (secondary N) is 1. The lowest BCUT2D eigenvalue weighted by Crippen LogP contribution is -2.34. The van der Waals surface area contributed by atoms with Gasteiger partial charge in [0.15, 0.2) is 0 Å². The zero-order valence-corrected chi connectivity index (χ0v) is 10.0. The van der Waals surface area contributed by atoms with Gasteiger partial charge >= 0.3 is 0 Å². The summed E-state index contributed by atoms with van der Waals surface area (Å²) < 4.78 is 0. The second-order valence-corrected chi connectivity index (χ2v) is 4.13. The van der Waals surface area contributed by atoms with Crippen LogP contribution in [0.4, 0.5) is 0 Å². The number of hydrogen-bond acceptors (Lipinski definition) is 2. The smallest absolute Gasteiger partial charge is 0.0464 e. The van der Waals surface area contributed by atoms with Crippen molar-refractivity contribution >= 4 is 0 Å². The van der Waals surface area contributed by atoms with Gasteiger partial charge in [-0.2, -0.15) is 0 Å². The summed E-state index contributed by atoms with van der Waals surface area (Å²) in [7, 11) is 4.09. The lowest BCUT2D eigenvalue weighted by atomic mass is 10.0. The van der Waals surface area contributed by atoms with Crippen molar-refractivity contribution in [2.45, 2.75) is 32.2 Å². The SMILES string of the molecule is CCCCC(NN(C)C)c1ccccc1. The van der Waals surface area contributed by atoms with E-state index in [1.807, 2.05) is 19.1 Å². The molecule has 2 nitrogen and oxygen atoms in total. The number of benzene rings is 1. The van der Waals surface area contributed by atoms with Gasteiger partial charge in [-0.05, 0) is 12.0 Å². The number of nitrogens with zero attached hydrogens (tertiary/aromatic N) is 1. The van der Waals surface area contributed by atoms with E-state index in [-0.39, 0.29) is 0 Å². The van der Waals surface area contributed by atoms with Crippen LogP contribution in [0, 0.1) is 0 Å².